The number of nitrogens with zero attached hydrogens (tertiary/aromatic N) is 4. The van der Waals surface area contributed by atoms with Crippen molar-refractivity contribution in [3.05, 3.63) is 60.2 Å². The summed E-state index contributed by atoms with van der Waals surface area (Å²) in [5.41, 5.74) is 2.18. The third kappa shape index (κ3) is 5.30. The number of thioether (sulfide) groups is 1. The Morgan fingerprint density at radius 1 is 0.794 bits per heavy atom. The molecule has 2 amide bonds. The van der Waals surface area contributed by atoms with Crippen LogP contribution in [0.4, 0.5) is 5.69 Å². The summed E-state index contributed by atoms with van der Waals surface area (Å²) in [7, 11) is 0. The van der Waals surface area contributed by atoms with E-state index in [1.807, 2.05) is 51.9 Å². The number of morpholine rings is 1. The summed E-state index contributed by atoms with van der Waals surface area (Å²) < 4.78 is 5.35. The number of carbonyl (C=O) groups is 2. The van der Waals surface area contributed by atoms with Gasteiger partial charge in [0.1, 0.15) is 0 Å². The lowest BCUT2D eigenvalue weighted by Gasteiger charge is -2.40. The van der Waals surface area contributed by atoms with Crippen molar-refractivity contribution in [1.29, 1.82) is 0 Å². The molecule has 0 unspecified atom stereocenters. The Balaban J connectivity index is 1.21. The van der Waals surface area contributed by atoms with Crippen LogP contribution in [0.25, 0.3) is 0 Å². The van der Waals surface area contributed by atoms with Crippen LogP contribution in [0.3, 0.4) is 0 Å². The lowest BCUT2D eigenvalue weighted by molar-refractivity contribution is -0.137. The topological polar surface area (TPSA) is 56.3 Å². The molecule has 0 bridgehead atoms. The number of fused-ring (bicyclic) bond motifs is 1. The van der Waals surface area contributed by atoms with Crippen molar-refractivity contribution in [1.82, 2.24) is 14.7 Å². The highest BCUT2D eigenvalue weighted by Crippen LogP contribution is 2.43. The molecule has 3 heterocycles. The summed E-state index contributed by atoms with van der Waals surface area (Å²) in [5, 5.41) is 0. The molecule has 34 heavy (non-hydrogen) atoms. The lowest BCUT2D eigenvalue weighted by Crippen LogP contribution is -2.53. The van der Waals surface area contributed by atoms with Gasteiger partial charge in [-0.05, 0) is 17.7 Å². The summed E-state index contributed by atoms with van der Waals surface area (Å²) >= 11 is 1.82. The molecule has 2 saturated heterocycles. The molecule has 0 aromatic heterocycles. The Morgan fingerprint density at radius 2 is 1.41 bits per heavy atom. The highest BCUT2D eigenvalue weighted by Gasteiger charge is 2.33. The highest BCUT2D eigenvalue weighted by molar-refractivity contribution is 7.99. The van der Waals surface area contributed by atoms with Crippen molar-refractivity contribution in [2.45, 2.75) is 10.9 Å². The van der Waals surface area contributed by atoms with Gasteiger partial charge in [-0.25, -0.2) is 0 Å². The third-order valence-electron chi connectivity index (χ3n) is 6.83. The van der Waals surface area contributed by atoms with Crippen LogP contribution in [0, 0.1) is 0 Å². The van der Waals surface area contributed by atoms with Crippen molar-refractivity contribution in [3.63, 3.8) is 0 Å². The molecule has 180 valence electrons. The number of ether oxygens (including phenoxy) is 1. The van der Waals surface area contributed by atoms with Crippen LogP contribution >= 0.6 is 11.8 Å². The minimum atomic E-state index is 0.0287. The summed E-state index contributed by atoms with van der Waals surface area (Å²) in [5.74, 6) is 1.17. The van der Waals surface area contributed by atoms with E-state index in [-0.39, 0.29) is 17.9 Å². The number of benzene rings is 2. The van der Waals surface area contributed by atoms with Crippen molar-refractivity contribution >= 4 is 29.3 Å². The molecule has 7 nitrogen and oxygen atoms in total. The van der Waals surface area contributed by atoms with Gasteiger partial charge in [0, 0.05) is 49.9 Å². The van der Waals surface area contributed by atoms with Crippen molar-refractivity contribution in [2.75, 3.05) is 76.2 Å². The van der Waals surface area contributed by atoms with Gasteiger partial charge in [0.05, 0.1) is 38.0 Å². The van der Waals surface area contributed by atoms with E-state index < -0.39 is 0 Å². The number of para-hydroxylation sites is 1. The van der Waals surface area contributed by atoms with Crippen molar-refractivity contribution < 1.29 is 14.3 Å². The fourth-order valence-electron chi connectivity index (χ4n) is 4.90. The zero-order chi connectivity index (χ0) is 23.3. The molecule has 3 aliphatic rings. The number of anilines is 1. The van der Waals surface area contributed by atoms with E-state index in [0.717, 1.165) is 42.5 Å². The maximum Gasteiger partial charge on any atom is 0.241 e. The molecule has 5 rings (SSSR count). The Labute approximate surface area is 205 Å². The predicted octanol–water partition coefficient (Wildman–Crippen LogP) is 2.34. The SMILES string of the molecule is O=C(CN1CCN(CC(=O)N2c3ccccc3SC[C@H]2c2ccccc2)CC1)N1CCOCC1. The first kappa shape index (κ1) is 23.4. The molecule has 1 atom stereocenters. The second-order valence-electron chi connectivity index (χ2n) is 9.01. The number of rotatable bonds is 5. The van der Waals surface area contributed by atoms with Crippen LogP contribution in [-0.2, 0) is 14.3 Å². The van der Waals surface area contributed by atoms with E-state index >= 15 is 0 Å². The van der Waals surface area contributed by atoms with Crippen LogP contribution < -0.4 is 4.90 Å². The van der Waals surface area contributed by atoms with Gasteiger partial charge in [-0.2, -0.15) is 0 Å². The largest absolute Gasteiger partial charge is 0.378 e. The smallest absolute Gasteiger partial charge is 0.241 e. The van der Waals surface area contributed by atoms with E-state index in [9.17, 15) is 9.59 Å². The zero-order valence-electron chi connectivity index (χ0n) is 19.5. The number of amides is 2. The number of hydrogen-bond donors (Lipinski definition) is 0. The number of hydrogen-bond acceptors (Lipinski definition) is 6. The Bertz CT molecular complexity index is 991. The molecule has 0 spiro atoms. The third-order valence-corrected chi connectivity index (χ3v) is 7.97. The van der Waals surface area contributed by atoms with Crippen LogP contribution in [0.2, 0.25) is 0 Å². The maximum absolute atomic E-state index is 13.7. The van der Waals surface area contributed by atoms with Crippen molar-refractivity contribution in [2.24, 2.45) is 0 Å². The summed E-state index contributed by atoms with van der Waals surface area (Å²) in [6, 6.07) is 18.6. The number of carbonyl (C=O) groups excluding carboxylic acids is 2. The maximum atomic E-state index is 13.7. The summed E-state index contributed by atoms with van der Waals surface area (Å²) in [6.45, 7) is 6.67. The standard InChI is InChI=1S/C26H32N4O3S/c31-25(29-14-16-33-17-15-29)18-27-10-12-28(13-11-27)19-26(32)30-22-8-4-5-9-24(22)34-20-23(30)21-6-2-1-3-7-21/h1-9,23H,10-20H2/t23-/m0/s1. The normalized spacial score (nSPS) is 21.8. The molecular formula is C26H32N4O3S. The highest BCUT2D eigenvalue weighted by atomic mass is 32.2. The number of piperazine rings is 1. The quantitative estimate of drug-likeness (QED) is 0.655. The van der Waals surface area contributed by atoms with Gasteiger partial charge in [-0.3, -0.25) is 19.4 Å². The molecular weight excluding hydrogens is 448 g/mol. The molecule has 2 fully saturated rings. The molecule has 0 N–H and O–H groups in total. The van der Waals surface area contributed by atoms with Crippen LogP contribution in [0.5, 0.6) is 0 Å². The van der Waals surface area contributed by atoms with Gasteiger partial charge < -0.3 is 14.5 Å². The van der Waals surface area contributed by atoms with Crippen molar-refractivity contribution in [3.8, 4) is 0 Å². The fraction of sp³-hybridized carbons (Fsp3) is 0.462. The van der Waals surface area contributed by atoms with Gasteiger partial charge in [0.25, 0.3) is 0 Å². The molecule has 3 aliphatic heterocycles. The molecule has 2 aromatic rings. The minimum Gasteiger partial charge on any atom is -0.378 e. The first-order valence-electron chi connectivity index (χ1n) is 12.1. The summed E-state index contributed by atoms with van der Waals surface area (Å²) in [4.78, 5) is 35.7. The van der Waals surface area contributed by atoms with E-state index in [1.54, 1.807) is 0 Å². The monoisotopic (exact) mass is 480 g/mol. The average molecular weight is 481 g/mol. The van der Waals surface area contributed by atoms with Gasteiger partial charge in [-0.15, -0.1) is 11.8 Å². The first-order valence-corrected chi connectivity index (χ1v) is 13.1. The van der Waals surface area contributed by atoms with Gasteiger partial charge in [0.2, 0.25) is 11.8 Å². The lowest BCUT2D eigenvalue weighted by atomic mass is 10.1. The summed E-state index contributed by atoms with van der Waals surface area (Å²) in [6.07, 6.45) is 0. The van der Waals surface area contributed by atoms with Gasteiger partial charge in [0.15, 0.2) is 0 Å². The van der Waals surface area contributed by atoms with Crippen LogP contribution in [0.1, 0.15) is 11.6 Å². The van der Waals surface area contributed by atoms with Crippen LogP contribution in [0.15, 0.2) is 59.5 Å². The molecule has 8 heteroatoms. The van der Waals surface area contributed by atoms with E-state index in [0.29, 0.717) is 39.4 Å². The first-order chi connectivity index (χ1) is 16.7. The molecule has 2 aromatic carbocycles. The molecule has 0 saturated carbocycles. The van der Waals surface area contributed by atoms with E-state index in [4.69, 9.17) is 4.74 Å². The molecule has 0 aliphatic carbocycles. The second kappa shape index (κ2) is 10.9. The Hall–Kier alpha value is -2.39. The molecule has 0 radical (unpaired) electrons. The minimum absolute atomic E-state index is 0.0287. The Morgan fingerprint density at radius 3 is 2.12 bits per heavy atom. The van der Waals surface area contributed by atoms with E-state index in [2.05, 4.69) is 34.1 Å². The van der Waals surface area contributed by atoms with Crippen LogP contribution in [-0.4, -0.2) is 97.8 Å². The van der Waals surface area contributed by atoms with Gasteiger partial charge in [-0.1, -0.05) is 42.5 Å². The van der Waals surface area contributed by atoms with E-state index in [1.165, 1.54) is 5.56 Å². The Kier molecular flexibility index (Phi) is 7.49. The fourth-order valence-corrected chi connectivity index (χ4v) is 6.06. The zero-order valence-corrected chi connectivity index (χ0v) is 20.3. The predicted molar refractivity (Wildman–Crippen MR) is 134 cm³/mol. The average Bonchev–Trinajstić information content (AvgIpc) is 2.90. The second-order valence-corrected chi connectivity index (χ2v) is 10.1. The van der Waals surface area contributed by atoms with Gasteiger partial charge >= 0.3 is 0 Å².